The average Bonchev–Trinajstić information content (AvgIpc) is 2.51. The third kappa shape index (κ3) is 3.01. The quantitative estimate of drug-likeness (QED) is 0.913. The molecule has 2 aliphatic heterocycles. The van der Waals surface area contributed by atoms with Gasteiger partial charge in [-0.1, -0.05) is 0 Å². The average molecular weight is 311 g/mol. The maximum atomic E-state index is 12.9. The van der Waals surface area contributed by atoms with Gasteiger partial charge in [0.15, 0.2) is 0 Å². The molecule has 1 aromatic rings. The Morgan fingerprint density at radius 2 is 1.81 bits per heavy atom. The van der Waals surface area contributed by atoms with Crippen LogP contribution in [-0.4, -0.2) is 32.7 Å². The molecule has 0 saturated carbocycles. The largest absolute Gasteiger partial charge is 0.497 e. The maximum absolute atomic E-state index is 12.9. The molecule has 1 amide bonds. The Morgan fingerprint density at radius 1 is 1.14 bits per heavy atom. The SMILES string of the molecule is COc1ccc(N2CCCC3(CCNCC3)C2=O)cc1.Cl. The van der Waals surface area contributed by atoms with E-state index in [1.54, 1.807) is 7.11 Å². The summed E-state index contributed by atoms with van der Waals surface area (Å²) in [6.45, 7) is 2.75. The highest BCUT2D eigenvalue weighted by Crippen LogP contribution is 2.40. The van der Waals surface area contributed by atoms with Crippen molar-refractivity contribution in [2.24, 2.45) is 5.41 Å². The Bertz CT molecular complexity index is 478. The summed E-state index contributed by atoms with van der Waals surface area (Å²) in [6, 6.07) is 7.81. The van der Waals surface area contributed by atoms with Crippen molar-refractivity contribution in [3.05, 3.63) is 24.3 Å². The van der Waals surface area contributed by atoms with Gasteiger partial charge in [-0.25, -0.2) is 0 Å². The number of nitrogens with zero attached hydrogens (tertiary/aromatic N) is 1. The Labute approximate surface area is 132 Å². The predicted octanol–water partition coefficient (Wildman–Crippen LogP) is 2.61. The zero-order valence-corrected chi connectivity index (χ0v) is 13.2. The summed E-state index contributed by atoms with van der Waals surface area (Å²) >= 11 is 0. The molecule has 0 aromatic heterocycles. The lowest BCUT2D eigenvalue weighted by atomic mass is 9.72. The van der Waals surface area contributed by atoms with Gasteiger partial charge in [-0.05, 0) is 63.0 Å². The van der Waals surface area contributed by atoms with E-state index in [1.165, 1.54) is 0 Å². The van der Waals surface area contributed by atoms with Crippen LogP contribution in [0, 0.1) is 5.41 Å². The van der Waals surface area contributed by atoms with Gasteiger partial charge in [0, 0.05) is 12.2 Å². The molecule has 2 heterocycles. The highest BCUT2D eigenvalue weighted by Gasteiger charge is 2.44. The number of hydrogen-bond donors (Lipinski definition) is 1. The van der Waals surface area contributed by atoms with Crippen LogP contribution in [0.1, 0.15) is 25.7 Å². The first-order chi connectivity index (χ1) is 9.75. The molecule has 3 rings (SSSR count). The van der Waals surface area contributed by atoms with Crippen LogP contribution in [0.5, 0.6) is 5.75 Å². The number of methoxy groups -OCH3 is 1. The van der Waals surface area contributed by atoms with Crippen molar-refractivity contribution < 1.29 is 9.53 Å². The van der Waals surface area contributed by atoms with Crippen molar-refractivity contribution in [2.75, 3.05) is 31.6 Å². The van der Waals surface area contributed by atoms with Crippen LogP contribution >= 0.6 is 12.4 Å². The summed E-state index contributed by atoms with van der Waals surface area (Å²) in [4.78, 5) is 14.9. The Morgan fingerprint density at radius 3 is 2.43 bits per heavy atom. The van der Waals surface area contributed by atoms with Crippen LogP contribution in [0.2, 0.25) is 0 Å². The van der Waals surface area contributed by atoms with Crippen LogP contribution < -0.4 is 15.0 Å². The number of amides is 1. The van der Waals surface area contributed by atoms with E-state index in [4.69, 9.17) is 4.74 Å². The molecule has 0 radical (unpaired) electrons. The number of carbonyl (C=O) groups is 1. The van der Waals surface area contributed by atoms with Gasteiger partial charge in [-0.2, -0.15) is 0 Å². The first-order valence-electron chi connectivity index (χ1n) is 7.42. The molecule has 1 aromatic carbocycles. The molecule has 0 bridgehead atoms. The minimum atomic E-state index is -0.122. The van der Waals surface area contributed by atoms with Gasteiger partial charge < -0.3 is 15.0 Å². The summed E-state index contributed by atoms with van der Waals surface area (Å²) in [5.41, 5.74) is 0.872. The second-order valence-electron chi connectivity index (χ2n) is 5.79. The molecule has 2 aliphatic rings. The fourth-order valence-corrected chi connectivity index (χ4v) is 3.45. The lowest BCUT2D eigenvalue weighted by Gasteiger charge is -2.44. The second kappa shape index (κ2) is 6.67. The molecule has 21 heavy (non-hydrogen) atoms. The zero-order chi connectivity index (χ0) is 14.0. The lowest BCUT2D eigenvalue weighted by molar-refractivity contribution is -0.132. The van der Waals surface area contributed by atoms with Crippen molar-refractivity contribution in [2.45, 2.75) is 25.7 Å². The minimum absolute atomic E-state index is 0. The summed E-state index contributed by atoms with van der Waals surface area (Å²) in [7, 11) is 1.66. The number of hydrogen-bond acceptors (Lipinski definition) is 3. The topological polar surface area (TPSA) is 41.6 Å². The van der Waals surface area contributed by atoms with Crippen LogP contribution in [0.3, 0.4) is 0 Å². The molecular weight excluding hydrogens is 288 g/mol. The van der Waals surface area contributed by atoms with Crippen LogP contribution in [-0.2, 0) is 4.79 Å². The number of piperidine rings is 2. The highest BCUT2D eigenvalue weighted by molar-refractivity contribution is 5.98. The molecule has 4 nitrogen and oxygen atoms in total. The van der Waals surface area contributed by atoms with Gasteiger partial charge in [0.05, 0.1) is 12.5 Å². The predicted molar refractivity (Wildman–Crippen MR) is 86.4 cm³/mol. The van der Waals surface area contributed by atoms with Crippen LogP contribution in [0.4, 0.5) is 5.69 Å². The van der Waals surface area contributed by atoms with Gasteiger partial charge in [0.25, 0.3) is 0 Å². The van der Waals surface area contributed by atoms with Gasteiger partial charge in [-0.15, -0.1) is 12.4 Å². The Balaban J connectivity index is 0.00000161. The Hall–Kier alpha value is -1.26. The number of halogens is 1. The Kier molecular flexibility index (Phi) is 5.12. The summed E-state index contributed by atoms with van der Waals surface area (Å²) in [6.07, 6.45) is 4.08. The second-order valence-corrected chi connectivity index (χ2v) is 5.79. The number of nitrogens with one attached hydrogen (secondary N) is 1. The van der Waals surface area contributed by atoms with Gasteiger partial charge >= 0.3 is 0 Å². The van der Waals surface area contributed by atoms with E-state index in [1.807, 2.05) is 29.2 Å². The number of rotatable bonds is 2. The maximum Gasteiger partial charge on any atom is 0.233 e. The molecule has 0 atom stereocenters. The first-order valence-corrected chi connectivity index (χ1v) is 7.42. The molecule has 0 unspecified atom stereocenters. The number of carbonyl (C=O) groups excluding carboxylic acids is 1. The molecule has 1 spiro atoms. The van der Waals surface area contributed by atoms with Crippen molar-refractivity contribution >= 4 is 24.0 Å². The van der Waals surface area contributed by atoms with Crippen molar-refractivity contribution in [3.8, 4) is 5.75 Å². The van der Waals surface area contributed by atoms with E-state index in [2.05, 4.69) is 5.32 Å². The summed E-state index contributed by atoms with van der Waals surface area (Å²) < 4.78 is 5.18. The molecule has 0 aliphatic carbocycles. The van der Waals surface area contributed by atoms with Gasteiger partial charge in [-0.3, -0.25) is 4.79 Å². The van der Waals surface area contributed by atoms with Gasteiger partial charge in [0.1, 0.15) is 5.75 Å². The van der Waals surface area contributed by atoms with E-state index < -0.39 is 0 Å². The zero-order valence-electron chi connectivity index (χ0n) is 12.4. The highest BCUT2D eigenvalue weighted by atomic mass is 35.5. The fraction of sp³-hybridized carbons (Fsp3) is 0.562. The van der Waals surface area contributed by atoms with E-state index >= 15 is 0 Å². The van der Waals surface area contributed by atoms with Gasteiger partial charge in [0.2, 0.25) is 5.91 Å². The molecule has 1 N–H and O–H groups in total. The smallest absolute Gasteiger partial charge is 0.233 e. The fourth-order valence-electron chi connectivity index (χ4n) is 3.45. The molecule has 2 fully saturated rings. The first kappa shape index (κ1) is 16.1. The van der Waals surface area contributed by atoms with E-state index in [9.17, 15) is 4.79 Å². The van der Waals surface area contributed by atoms with Crippen molar-refractivity contribution in [3.63, 3.8) is 0 Å². The lowest BCUT2D eigenvalue weighted by Crippen LogP contribution is -2.53. The van der Waals surface area contributed by atoms with Crippen molar-refractivity contribution in [1.82, 2.24) is 5.32 Å². The number of ether oxygens (including phenoxy) is 1. The molecule has 116 valence electrons. The van der Waals surface area contributed by atoms with E-state index in [0.29, 0.717) is 5.91 Å². The monoisotopic (exact) mass is 310 g/mol. The third-order valence-electron chi connectivity index (χ3n) is 4.68. The number of anilines is 1. The number of benzene rings is 1. The summed E-state index contributed by atoms with van der Waals surface area (Å²) in [5.74, 6) is 1.14. The summed E-state index contributed by atoms with van der Waals surface area (Å²) in [5, 5.41) is 3.36. The molecular formula is C16H23ClN2O2. The third-order valence-corrected chi connectivity index (χ3v) is 4.68. The minimum Gasteiger partial charge on any atom is -0.497 e. The van der Waals surface area contributed by atoms with E-state index in [-0.39, 0.29) is 17.8 Å². The standard InChI is InChI=1S/C16H22N2O2.ClH/c1-20-14-5-3-13(4-6-14)18-12-2-7-16(15(18)19)8-10-17-11-9-16;/h3-6,17H,2,7-12H2,1H3;1H. The van der Waals surface area contributed by atoms with Crippen LogP contribution in [0.15, 0.2) is 24.3 Å². The van der Waals surface area contributed by atoms with Crippen molar-refractivity contribution in [1.29, 1.82) is 0 Å². The normalized spacial score (nSPS) is 21.0. The van der Waals surface area contributed by atoms with Crippen LogP contribution in [0.25, 0.3) is 0 Å². The molecule has 5 heteroatoms. The van der Waals surface area contributed by atoms with E-state index in [0.717, 1.165) is 56.8 Å². The molecule has 2 saturated heterocycles.